The van der Waals surface area contributed by atoms with Gasteiger partial charge < -0.3 is 0 Å². The van der Waals surface area contributed by atoms with Crippen molar-refractivity contribution in [3.05, 3.63) is 81.9 Å². The molecule has 0 bridgehead atoms. The van der Waals surface area contributed by atoms with E-state index in [1.807, 2.05) is 36.4 Å². The van der Waals surface area contributed by atoms with E-state index in [4.69, 9.17) is 23.2 Å². The Hall–Kier alpha value is -2.48. The minimum Gasteiger partial charge on any atom is -0.235 e. The third kappa shape index (κ3) is 3.80. The Labute approximate surface area is 172 Å². The highest BCUT2D eigenvalue weighted by Crippen LogP contribution is 2.20. The van der Waals surface area contributed by atoms with Gasteiger partial charge in [0.25, 0.3) is 0 Å². The second kappa shape index (κ2) is 7.64. The van der Waals surface area contributed by atoms with Gasteiger partial charge in [-0.25, -0.2) is 19.0 Å². The van der Waals surface area contributed by atoms with Crippen LogP contribution in [0.4, 0.5) is 0 Å². The summed E-state index contributed by atoms with van der Waals surface area (Å²) < 4.78 is 4.18. The molecule has 134 valence electrons. The molecule has 9 heteroatoms. The molecule has 0 aliphatic heterocycles. The van der Waals surface area contributed by atoms with Crippen LogP contribution in [0, 0.1) is 0 Å². The van der Waals surface area contributed by atoms with E-state index < -0.39 is 0 Å². The highest BCUT2D eigenvalue weighted by molar-refractivity contribution is 9.10. The van der Waals surface area contributed by atoms with Gasteiger partial charge in [0, 0.05) is 5.56 Å². The number of nitrogens with zero attached hydrogens (tertiary/aromatic N) is 6. The van der Waals surface area contributed by atoms with Gasteiger partial charge in [0.2, 0.25) is 0 Å². The first kappa shape index (κ1) is 17.9. The Morgan fingerprint density at radius 2 is 1.30 bits per heavy atom. The third-order valence-electron chi connectivity index (χ3n) is 3.69. The zero-order chi connectivity index (χ0) is 18.8. The maximum Gasteiger partial charge on any atom is 0.154 e. The molecule has 4 aromatic heterocycles. The molecule has 0 N–H and O–H groups in total. The summed E-state index contributed by atoms with van der Waals surface area (Å²) in [6.07, 6.45) is 3.48. The number of fused-ring (bicyclic) bond motifs is 2. The summed E-state index contributed by atoms with van der Waals surface area (Å²) in [4.78, 5) is 8.33. The summed E-state index contributed by atoms with van der Waals surface area (Å²) >= 11 is 14.8. The molecule has 0 amide bonds. The van der Waals surface area contributed by atoms with E-state index in [-0.39, 0.29) is 0 Å². The number of aromatic nitrogens is 6. The molecular weight excluding hydrogens is 451 g/mol. The fourth-order valence-corrected chi connectivity index (χ4v) is 3.12. The van der Waals surface area contributed by atoms with Gasteiger partial charge in [0.1, 0.15) is 14.9 Å². The maximum absolute atomic E-state index is 5.88. The van der Waals surface area contributed by atoms with Crippen molar-refractivity contribution in [1.29, 1.82) is 0 Å². The zero-order valence-electron chi connectivity index (χ0n) is 13.7. The van der Waals surface area contributed by atoms with E-state index in [1.165, 1.54) is 0 Å². The van der Waals surface area contributed by atoms with Gasteiger partial charge >= 0.3 is 0 Å². The molecule has 4 heterocycles. The normalized spacial score (nSPS) is 10.8. The van der Waals surface area contributed by atoms with E-state index in [0.717, 1.165) is 27.2 Å². The Balaban J connectivity index is 0.000000143. The molecule has 5 aromatic rings. The van der Waals surface area contributed by atoms with E-state index in [1.54, 1.807) is 39.6 Å². The van der Waals surface area contributed by atoms with Crippen LogP contribution in [0.25, 0.3) is 22.6 Å². The highest BCUT2D eigenvalue weighted by Gasteiger charge is 2.06. The number of hydrogen-bond acceptors (Lipinski definition) is 4. The molecule has 0 fully saturated rings. The van der Waals surface area contributed by atoms with Crippen LogP contribution in [0.2, 0.25) is 10.3 Å². The Bertz CT molecular complexity index is 1220. The van der Waals surface area contributed by atoms with Gasteiger partial charge in [-0.15, -0.1) is 0 Å². The molecule has 0 aliphatic rings. The maximum atomic E-state index is 5.88. The standard InChI is InChI=1S/C12H8ClN3.C6H3BrClN3/c13-11-6-7-12-14-8-10(16(12)15-11)9-4-2-1-3-5-9;7-4-3-9-6-2-1-5(8)10-11(4)6/h1-8H;1-3H. The van der Waals surface area contributed by atoms with Crippen molar-refractivity contribution in [2.24, 2.45) is 0 Å². The number of benzene rings is 1. The molecule has 1 aromatic carbocycles. The van der Waals surface area contributed by atoms with Gasteiger partial charge in [0.05, 0.1) is 18.1 Å². The smallest absolute Gasteiger partial charge is 0.154 e. The van der Waals surface area contributed by atoms with Crippen molar-refractivity contribution >= 4 is 50.4 Å². The van der Waals surface area contributed by atoms with Crippen LogP contribution >= 0.6 is 39.1 Å². The van der Waals surface area contributed by atoms with Gasteiger partial charge in [0.15, 0.2) is 11.3 Å². The first-order chi connectivity index (χ1) is 13.1. The van der Waals surface area contributed by atoms with Crippen LogP contribution in [0.5, 0.6) is 0 Å². The van der Waals surface area contributed by atoms with Gasteiger partial charge in [-0.2, -0.15) is 10.2 Å². The highest BCUT2D eigenvalue weighted by atomic mass is 79.9. The van der Waals surface area contributed by atoms with Crippen molar-refractivity contribution in [3.8, 4) is 11.3 Å². The monoisotopic (exact) mass is 460 g/mol. The predicted molar refractivity (Wildman–Crippen MR) is 109 cm³/mol. The largest absolute Gasteiger partial charge is 0.235 e. The van der Waals surface area contributed by atoms with Gasteiger partial charge in [-0.1, -0.05) is 53.5 Å². The summed E-state index contributed by atoms with van der Waals surface area (Å²) in [7, 11) is 0. The van der Waals surface area contributed by atoms with Crippen molar-refractivity contribution < 1.29 is 0 Å². The van der Waals surface area contributed by atoms with Crippen LogP contribution in [0.3, 0.4) is 0 Å². The number of imidazole rings is 2. The SMILES string of the molecule is Clc1ccc2ncc(-c3ccccc3)n2n1.Clc1ccc2ncc(Br)n2n1. The summed E-state index contributed by atoms with van der Waals surface area (Å²) in [5, 5.41) is 9.16. The fraction of sp³-hybridized carbons (Fsp3) is 0. The Morgan fingerprint density at radius 1 is 0.704 bits per heavy atom. The quantitative estimate of drug-likeness (QED) is 0.344. The third-order valence-corrected chi connectivity index (χ3v) is 4.63. The molecule has 27 heavy (non-hydrogen) atoms. The van der Waals surface area contributed by atoms with Crippen molar-refractivity contribution in [3.63, 3.8) is 0 Å². The lowest BCUT2D eigenvalue weighted by atomic mass is 10.2. The average molecular weight is 462 g/mol. The second-order valence-electron chi connectivity index (χ2n) is 5.44. The van der Waals surface area contributed by atoms with Crippen LogP contribution in [-0.4, -0.2) is 29.2 Å². The number of halogens is 3. The topological polar surface area (TPSA) is 60.4 Å². The predicted octanol–water partition coefficient (Wildman–Crippen LogP) is 5.19. The van der Waals surface area contributed by atoms with E-state index in [0.29, 0.717) is 10.3 Å². The summed E-state index contributed by atoms with van der Waals surface area (Å²) in [5.41, 5.74) is 3.59. The molecule has 5 rings (SSSR count). The summed E-state index contributed by atoms with van der Waals surface area (Å²) in [5.74, 6) is 0. The molecule has 0 atom stereocenters. The summed E-state index contributed by atoms with van der Waals surface area (Å²) in [6, 6.07) is 17.1. The lowest BCUT2D eigenvalue weighted by Gasteiger charge is -2.00. The molecule has 0 spiro atoms. The number of rotatable bonds is 1. The molecule has 0 saturated carbocycles. The minimum absolute atomic E-state index is 0.455. The Morgan fingerprint density at radius 3 is 2.00 bits per heavy atom. The first-order valence-corrected chi connectivity index (χ1v) is 9.38. The first-order valence-electron chi connectivity index (χ1n) is 7.83. The second-order valence-corrected chi connectivity index (χ2v) is 7.03. The molecule has 0 aliphatic carbocycles. The van der Waals surface area contributed by atoms with Gasteiger partial charge in [-0.05, 0) is 40.2 Å². The Kier molecular flexibility index (Phi) is 5.07. The van der Waals surface area contributed by atoms with Crippen LogP contribution in [-0.2, 0) is 0 Å². The van der Waals surface area contributed by atoms with E-state index in [2.05, 4.69) is 36.1 Å². The van der Waals surface area contributed by atoms with Crippen LogP contribution < -0.4 is 0 Å². The molecular formula is C18H11BrCl2N6. The minimum atomic E-state index is 0.455. The lowest BCUT2D eigenvalue weighted by Crippen LogP contribution is -1.93. The summed E-state index contributed by atoms with van der Waals surface area (Å²) in [6.45, 7) is 0. The van der Waals surface area contributed by atoms with Gasteiger partial charge in [-0.3, -0.25) is 0 Å². The van der Waals surface area contributed by atoms with E-state index in [9.17, 15) is 0 Å². The van der Waals surface area contributed by atoms with Crippen LogP contribution in [0.1, 0.15) is 0 Å². The zero-order valence-corrected chi connectivity index (χ0v) is 16.8. The molecule has 0 unspecified atom stereocenters. The van der Waals surface area contributed by atoms with Crippen molar-refractivity contribution in [2.75, 3.05) is 0 Å². The van der Waals surface area contributed by atoms with E-state index >= 15 is 0 Å². The van der Waals surface area contributed by atoms with Crippen LogP contribution in [0.15, 0.2) is 71.6 Å². The molecule has 6 nitrogen and oxygen atoms in total. The number of hydrogen-bond donors (Lipinski definition) is 0. The fourth-order valence-electron chi connectivity index (χ4n) is 2.48. The average Bonchev–Trinajstić information content (AvgIpc) is 3.26. The molecule has 0 saturated heterocycles. The van der Waals surface area contributed by atoms with Crippen molar-refractivity contribution in [2.45, 2.75) is 0 Å². The van der Waals surface area contributed by atoms with Crippen molar-refractivity contribution in [1.82, 2.24) is 29.2 Å². The lowest BCUT2D eigenvalue weighted by molar-refractivity contribution is 0.916. The molecule has 0 radical (unpaired) electrons.